The van der Waals surface area contributed by atoms with Crippen molar-refractivity contribution in [2.24, 2.45) is 5.73 Å². The van der Waals surface area contributed by atoms with Gasteiger partial charge in [0.15, 0.2) is 0 Å². The number of nitrogens with two attached hydrogens (primary N) is 1. The predicted molar refractivity (Wildman–Crippen MR) is 77.4 cm³/mol. The maximum atomic E-state index is 11.9. The fourth-order valence-electron chi connectivity index (χ4n) is 1.45. The van der Waals surface area contributed by atoms with E-state index in [1.54, 1.807) is 12.1 Å². The van der Waals surface area contributed by atoms with Crippen LogP contribution in [-0.2, 0) is 0 Å². The second-order valence-corrected chi connectivity index (χ2v) is 5.40. The minimum Gasteiger partial charge on any atom is -0.494 e. The Morgan fingerprint density at radius 3 is 2.47 bits per heavy atom. The van der Waals surface area contributed by atoms with Gasteiger partial charge in [-0.25, -0.2) is 0 Å². The first-order valence-electron chi connectivity index (χ1n) is 6.72. The molecule has 0 aliphatic heterocycles. The fourth-order valence-corrected chi connectivity index (χ4v) is 1.45. The first-order valence-corrected chi connectivity index (χ1v) is 6.72. The number of nitrogens with one attached hydrogen (secondary N) is 1. The molecular formula is C15H24N2O2. The van der Waals surface area contributed by atoms with E-state index in [0.717, 1.165) is 18.6 Å². The van der Waals surface area contributed by atoms with Gasteiger partial charge in [0.05, 0.1) is 6.61 Å². The predicted octanol–water partition coefficient (Wildman–Crippen LogP) is 2.33. The zero-order chi connectivity index (χ0) is 14.3. The van der Waals surface area contributed by atoms with Crippen LogP contribution < -0.4 is 15.8 Å². The summed E-state index contributed by atoms with van der Waals surface area (Å²) >= 11 is 0. The molecule has 4 nitrogen and oxygen atoms in total. The van der Waals surface area contributed by atoms with Gasteiger partial charge in [0.2, 0.25) is 0 Å². The summed E-state index contributed by atoms with van der Waals surface area (Å²) in [6, 6.07) is 7.16. The Morgan fingerprint density at radius 2 is 1.95 bits per heavy atom. The third kappa shape index (κ3) is 6.25. The first kappa shape index (κ1) is 15.5. The van der Waals surface area contributed by atoms with Crippen molar-refractivity contribution in [3.05, 3.63) is 29.8 Å². The Balaban J connectivity index is 2.48. The van der Waals surface area contributed by atoms with E-state index in [9.17, 15) is 4.79 Å². The van der Waals surface area contributed by atoms with E-state index in [1.807, 2.05) is 26.0 Å². The summed E-state index contributed by atoms with van der Waals surface area (Å²) < 4.78 is 5.54. The number of carbonyl (C=O) groups is 1. The van der Waals surface area contributed by atoms with Crippen molar-refractivity contribution in [1.82, 2.24) is 5.32 Å². The highest BCUT2D eigenvalue weighted by Crippen LogP contribution is 2.12. The summed E-state index contributed by atoms with van der Waals surface area (Å²) in [5.41, 5.74) is 6.03. The molecule has 3 N–H and O–H groups in total. The number of amides is 1. The molecule has 0 aromatic heterocycles. The molecule has 0 saturated heterocycles. The summed E-state index contributed by atoms with van der Waals surface area (Å²) in [6.45, 7) is 7.02. The normalized spacial score (nSPS) is 11.2. The monoisotopic (exact) mass is 264 g/mol. The van der Waals surface area contributed by atoms with Crippen molar-refractivity contribution in [2.75, 3.05) is 13.2 Å². The van der Waals surface area contributed by atoms with Gasteiger partial charge in [-0.1, -0.05) is 13.3 Å². The van der Waals surface area contributed by atoms with E-state index >= 15 is 0 Å². The topological polar surface area (TPSA) is 64.3 Å². The minimum atomic E-state index is -0.404. The number of benzene rings is 1. The van der Waals surface area contributed by atoms with Crippen LogP contribution in [0.15, 0.2) is 24.3 Å². The quantitative estimate of drug-likeness (QED) is 0.743. The average molecular weight is 264 g/mol. The van der Waals surface area contributed by atoms with Crippen molar-refractivity contribution in [3.63, 3.8) is 0 Å². The van der Waals surface area contributed by atoms with Crippen LogP contribution >= 0.6 is 0 Å². The first-order chi connectivity index (χ1) is 8.92. The van der Waals surface area contributed by atoms with Gasteiger partial charge >= 0.3 is 0 Å². The Bertz CT molecular complexity index is 394. The second kappa shape index (κ2) is 7.14. The molecule has 0 atom stereocenters. The molecule has 0 saturated carbocycles. The lowest BCUT2D eigenvalue weighted by Crippen LogP contribution is -2.45. The molecule has 0 heterocycles. The van der Waals surface area contributed by atoms with Crippen LogP contribution in [0.1, 0.15) is 44.0 Å². The summed E-state index contributed by atoms with van der Waals surface area (Å²) in [6.07, 6.45) is 2.14. The van der Waals surface area contributed by atoms with Crippen molar-refractivity contribution in [2.45, 2.75) is 39.2 Å². The number of carbonyl (C=O) groups excluding carboxylic acids is 1. The standard InChI is InChI=1S/C15H24N2O2/c1-4-5-10-19-13-8-6-12(7-9-13)14(18)17-11-15(2,3)16/h6-9H,4-5,10-11,16H2,1-3H3,(H,17,18). The van der Waals surface area contributed by atoms with Gasteiger partial charge in [-0.05, 0) is 44.5 Å². The Hall–Kier alpha value is -1.55. The van der Waals surface area contributed by atoms with Gasteiger partial charge < -0.3 is 15.8 Å². The molecule has 106 valence electrons. The van der Waals surface area contributed by atoms with E-state index in [4.69, 9.17) is 10.5 Å². The number of unbranched alkanes of at least 4 members (excludes halogenated alkanes) is 1. The van der Waals surface area contributed by atoms with E-state index in [-0.39, 0.29) is 5.91 Å². The molecule has 1 aromatic rings. The summed E-state index contributed by atoms with van der Waals surface area (Å²) in [5.74, 6) is 0.683. The zero-order valence-electron chi connectivity index (χ0n) is 12.0. The highest BCUT2D eigenvalue weighted by molar-refractivity contribution is 5.94. The molecular weight excluding hydrogens is 240 g/mol. The number of hydrogen-bond acceptors (Lipinski definition) is 3. The van der Waals surface area contributed by atoms with Crippen LogP contribution in [0.2, 0.25) is 0 Å². The Morgan fingerprint density at radius 1 is 1.32 bits per heavy atom. The smallest absolute Gasteiger partial charge is 0.251 e. The van der Waals surface area contributed by atoms with E-state index in [0.29, 0.717) is 18.7 Å². The molecule has 0 bridgehead atoms. The van der Waals surface area contributed by atoms with Gasteiger partial charge in [-0.3, -0.25) is 4.79 Å². The molecule has 1 amide bonds. The minimum absolute atomic E-state index is 0.112. The number of ether oxygens (including phenoxy) is 1. The lowest BCUT2D eigenvalue weighted by atomic mass is 10.1. The zero-order valence-corrected chi connectivity index (χ0v) is 12.0. The van der Waals surface area contributed by atoms with Gasteiger partial charge in [0, 0.05) is 17.6 Å². The van der Waals surface area contributed by atoms with Crippen LogP contribution in [0.25, 0.3) is 0 Å². The molecule has 0 aliphatic rings. The lowest BCUT2D eigenvalue weighted by molar-refractivity contribution is 0.0946. The molecule has 0 fully saturated rings. The maximum Gasteiger partial charge on any atom is 0.251 e. The van der Waals surface area contributed by atoms with Gasteiger partial charge in [-0.15, -0.1) is 0 Å². The summed E-state index contributed by atoms with van der Waals surface area (Å²) in [5, 5.41) is 2.81. The lowest BCUT2D eigenvalue weighted by Gasteiger charge is -2.18. The SMILES string of the molecule is CCCCOc1ccc(C(=O)NCC(C)(C)N)cc1. The molecule has 0 spiro atoms. The van der Waals surface area contributed by atoms with Crippen LogP contribution in [0.3, 0.4) is 0 Å². The fraction of sp³-hybridized carbons (Fsp3) is 0.533. The average Bonchev–Trinajstić information content (AvgIpc) is 2.36. The molecule has 1 rings (SSSR count). The summed E-state index contributed by atoms with van der Waals surface area (Å²) in [4.78, 5) is 11.9. The number of hydrogen-bond donors (Lipinski definition) is 2. The molecule has 0 unspecified atom stereocenters. The third-order valence-electron chi connectivity index (χ3n) is 2.59. The van der Waals surface area contributed by atoms with Gasteiger partial charge in [-0.2, -0.15) is 0 Å². The molecule has 0 aliphatic carbocycles. The van der Waals surface area contributed by atoms with Crippen molar-refractivity contribution in [3.8, 4) is 5.75 Å². The van der Waals surface area contributed by atoms with E-state index in [2.05, 4.69) is 12.2 Å². The van der Waals surface area contributed by atoms with Gasteiger partial charge in [0.1, 0.15) is 5.75 Å². The Kier molecular flexibility index (Phi) is 5.83. The maximum absolute atomic E-state index is 11.9. The van der Waals surface area contributed by atoms with E-state index < -0.39 is 5.54 Å². The van der Waals surface area contributed by atoms with Crippen LogP contribution in [0, 0.1) is 0 Å². The van der Waals surface area contributed by atoms with Crippen LogP contribution in [0.5, 0.6) is 5.75 Å². The number of rotatable bonds is 7. The highest BCUT2D eigenvalue weighted by Gasteiger charge is 2.13. The largest absolute Gasteiger partial charge is 0.494 e. The second-order valence-electron chi connectivity index (χ2n) is 5.40. The van der Waals surface area contributed by atoms with Gasteiger partial charge in [0.25, 0.3) is 5.91 Å². The Labute approximate surface area is 115 Å². The van der Waals surface area contributed by atoms with Crippen LogP contribution in [-0.4, -0.2) is 24.6 Å². The van der Waals surface area contributed by atoms with E-state index in [1.165, 1.54) is 0 Å². The third-order valence-corrected chi connectivity index (χ3v) is 2.59. The molecule has 1 aromatic carbocycles. The van der Waals surface area contributed by atoms with Crippen molar-refractivity contribution < 1.29 is 9.53 Å². The summed E-state index contributed by atoms with van der Waals surface area (Å²) in [7, 11) is 0. The van der Waals surface area contributed by atoms with Crippen molar-refractivity contribution in [1.29, 1.82) is 0 Å². The molecule has 0 radical (unpaired) electrons. The molecule has 19 heavy (non-hydrogen) atoms. The molecule has 4 heteroatoms. The highest BCUT2D eigenvalue weighted by atomic mass is 16.5. The van der Waals surface area contributed by atoms with Crippen LogP contribution in [0.4, 0.5) is 0 Å². The van der Waals surface area contributed by atoms with Crippen molar-refractivity contribution >= 4 is 5.91 Å².